The van der Waals surface area contributed by atoms with E-state index in [0.717, 1.165) is 24.7 Å². The van der Waals surface area contributed by atoms with Crippen molar-refractivity contribution in [2.24, 2.45) is 5.92 Å². The van der Waals surface area contributed by atoms with Crippen LogP contribution in [0.3, 0.4) is 0 Å². The third kappa shape index (κ3) is 5.28. The third-order valence-corrected chi connectivity index (χ3v) is 4.48. The third-order valence-electron chi connectivity index (χ3n) is 4.48. The highest BCUT2D eigenvalue weighted by molar-refractivity contribution is 5.25. The van der Waals surface area contributed by atoms with E-state index < -0.39 is 0 Å². The first-order valence-electron chi connectivity index (χ1n) is 8.53. The average Bonchev–Trinajstić information content (AvgIpc) is 2.55. The van der Waals surface area contributed by atoms with Crippen molar-refractivity contribution in [2.45, 2.75) is 71.6 Å². The zero-order valence-electron chi connectivity index (χ0n) is 13.6. The van der Waals surface area contributed by atoms with Crippen LogP contribution in [0.25, 0.3) is 0 Å². The molecule has 0 aromatic heterocycles. The fourth-order valence-electron chi connectivity index (χ4n) is 3.19. The molecule has 1 aliphatic carbocycles. The molecule has 0 atom stereocenters. The van der Waals surface area contributed by atoms with Crippen molar-refractivity contribution in [3.8, 4) is 0 Å². The lowest BCUT2D eigenvalue weighted by Crippen LogP contribution is -2.13. The molecule has 0 heterocycles. The highest BCUT2D eigenvalue weighted by Crippen LogP contribution is 2.37. The number of aryl methyl sites for hydroxylation is 1. The molecule has 1 fully saturated rings. The van der Waals surface area contributed by atoms with Crippen LogP contribution >= 0.6 is 0 Å². The Morgan fingerprint density at radius 1 is 1.00 bits per heavy atom. The molecule has 2 rings (SSSR count). The smallest absolute Gasteiger partial charge is 0.0431 e. The van der Waals surface area contributed by atoms with Crippen LogP contribution in [0.4, 0.5) is 0 Å². The normalized spacial score (nSPS) is 22.0. The minimum absolute atomic E-state index is 0.360. The van der Waals surface area contributed by atoms with Gasteiger partial charge < -0.3 is 5.11 Å². The summed E-state index contributed by atoms with van der Waals surface area (Å²) in [6, 6.07) is 9.23. The van der Waals surface area contributed by atoms with E-state index in [1.807, 2.05) is 13.8 Å². The van der Waals surface area contributed by atoms with E-state index in [0.29, 0.717) is 6.61 Å². The molecule has 1 N–H and O–H groups in total. The summed E-state index contributed by atoms with van der Waals surface area (Å²) in [4.78, 5) is 0. The molecule has 1 saturated carbocycles. The van der Waals surface area contributed by atoms with Crippen molar-refractivity contribution in [3.05, 3.63) is 35.4 Å². The van der Waals surface area contributed by atoms with Crippen molar-refractivity contribution < 1.29 is 5.11 Å². The minimum atomic E-state index is 0.360. The van der Waals surface area contributed by atoms with E-state index in [-0.39, 0.29) is 0 Å². The van der Waals surface area contributed by atoms with Crippen LogP contribution in [0, 0.1) is 5.92 Å². The van der Waals surface area contributed by atoms with Crippen LogP contribution in [0.5, 0.6) is 0 Å². The number of hydrogen-bond donors (Lipinski definition) is 1. The number of hydrogen-bond acceptors (Lipinski definition) is 1. The van der Waals surface area contributed by atoms with Crippen LogP contribution in [0.15, 0.2) is 24.3 Å². The van der Waals surface area contributed by atoms with E-state index in [4.69, 9.17) is 5.11 Å². The van der Waals surface area contributed by atoms with Crippen molar-refractivity contribution in [1.29, 1.82) is 0 Å². The largest absolute Gasteiger partial charge is 0.396 e. The lowest BCUT2D eigenvalue weighted by atomic mass is 9.77. The first-order valence-corrected chi connectivity index (χ1v) is 8.53. The fraction of sp³-hybridized carbons (Fsp3) is 0.684. The van der Waals surface area contributed by atoms with E-state index in [1.54, 1.807) is 0 Å². The minimum Gasteiger partial charge on any atom is -0.396 e. The van der Waals surface area contributed by atoms with Crippen LogP contribution in [-0.4, -0.2) is 11.7 Å². The van der Waals surface area contributed by atoms with Crippen LogP contribution in [-0.2, 0) is 6.42 Å². The molecule has 1 aromatic rings. The Kier molecular flexibility index (Phi) is 8.60. The molecule has 0 aliphatic heterocycles. The standard InChI is InChI=1S/C17H26O.C2H6/c1-2-14-5-9-16(10-6-14)17-11-7-15(8-12-17)4-3-13-18;1-2/h5-6,9-10,15,17-18H,2-4,7-8,11-13H2,1H3;1-2H3. The van der Waals surface area contributed by atoms with Gasteiger partial charge in [0.25, 0.3) is 0 Å². The predicted molar refractivity (Wildman–Crippen MR) is 88.2 cm³/mol. The molecular formula is C19H32O. The summed E-state index contributed by atoms with van der Waals surface area (Å²) >= 11 is 0. The monoisotopic (exact) mass is 276 g/mol. The zero-order chi connectivity index (χ0) is 14.8. The van der Waals surface area contributed by atoms with Gasteiger partial charge in [-0.25, -0.2) is 0 Å². The zero-order valence-corrected chi connectivity index (χ0v) is 13.6. The van der Waals surface area contributed by atoms with Crippen LogP contribution < -0.4 is 0 Å². The summed E-state index contributed by atoms with van der Waals surface area (Å²) in [5, 5.41) is 8.88. The maximum absolute atomic E-state index is 8.88. The quantitative estimate of drug-likeness (QED) is 0.771. The number of aliphatic hydroxyl groups is 1. The van der Waals surface area contributed by atoms with Crippen molar-refractivity contribution >= 4 is 0 Å². The Balaban J connectivity index is 0.000000956. The first-order chi connectivity index (χ1) is 9.83. The number of aliphatic hydroxyl groups excluding tert-OH is 1. The van der Waals surface area contributed by atoms with Gasteiger partial charge in [0.1, 0.15) is 0 Å². The lowest BCUT2D eigenvalue weighted by molar-refractivity contribution is 0.246. The maximum Gasteiger partial charge on any atom is 0.0431 e. The predicted octanol–water partition coefficient (Wildman–Crippen LogP) is 5.32. The van der Waals surface area contributed by atoms with Crippen LogP contribution in [0.1, 0.15) is 76.3 Å². The van der Waals surface area contributed by atoms with Gasteiger partial charge in [0.2, 0.25) is 0 Å². The molecule has 1 aromatic carbocycles. The molecule has 0 bridgehead atoms. The summed E-state index contributed by atoms with van der Waals surface area (Å²) in [6.07, 6.45) is 8.70. The average molecular weight is 276 g/mol. The van der Waals surface area contributed by atoms with Gasteiger partial charge in [0.15, 0.2) is 0 Å². The molecule has 1 aliphatic rings. The van der Waals surface area contributed by atoms with Crippen LogP contribution in [0.2, 0.25) is 0 Å². The topological polar surface area (TPSA) is 20.2 Å². The fourth-order valence-corrected chi connectivity index (χ4v) is 3.19. The van der Waals surface area contributed by atoms with Crippen molar-refractivity contribution in [2.75, 3.05) is 6.61 Å². The molecule has 0 radical (unpaired) electrons. The van der Waals surface area contributed by atoms with Gasteiger partial charge >= 0.3 is 0 Å². The Morgan fingerprint density at radius 3 is 2.10 bits per heavy atom. The van der Waals surface area contributed by atoms with E-state index in [9.17, 15) is 0 Å². The molecular weight excluding hydrogens is 244 g/mol. The van der Waals surface area contributed by atoms with Gasteiger partial charge in [0.05, 0.1) is 0 Å². The van der Waals surface area contributed by atoms with Gasteiger partial charge in [-0.15, -0.1) is 0 Å². The Morgan fingerprint density at radius 2 is 1.60 bits per heavy atom. The second-order valence-corrected chi connectivity index (χ2v) is 5.68. The summed E-state index contributed by atoms with van der Waals surface area (Å²) in [5.74, 6) is 1.64. The molecule has 20 heavy (non-hydrogen) atoms. The van der Waals surface area contributed by atoms with E-state index >= 15 is 0 Å². The van der Waals surface area contributed by atoms with Gasteiger partial charge in [-0.3, -0.25) is 0 Å². The lowest BCUT2D eigenvalue weighted by Gasteiger charge is -2.28. The molecule has 0 spiro atoms. The first kappa shape index (κ1) is 17.2. The summed E-state index contributed by atoms with van der Waals surface area (Å²) < 4.78 is 0. The van der Waals surface area contributed by atoms with E-state index in [1.165, 1.54) is 43.2 Å². The number of benzene rings is 1. The molecule has 0 amide bonds. The maximum atomic E-state index is 8.88. The van der Waals surface area contributed by atoms with Gasteiger partial charge in [0, 0.05) is 6.61 Å². The van der Waals surface area contributed by atoms with Gasteiger partial charge in [-0.1, -0.05) is 45.0 Å². The Hall–Kier alpha value is -0.820. The summed E-state index contributed by atoms with van der Waals surface area (Å²) in [5.41, 5.74) is 2.98. The molecule has 0 saturated heterocycles. The Bertz CT molecular complexity index is 333. The Labute approximate surface area is 125 Å². The second kappa shape index (κ2) is 9.99. The molecule has 0 unspecified atom stereocenters. The SMILES string of the molecule is CC.CCc1ccc(C2CCC(CCCO)CC2)cc1. The highest BCUT2D eigenvalue weighted by Gasteiger charge is 2.21. The summed E-state index contributed by atoms with van der Waals surface area (Å²) in [6.45, 7) is 6.57. The second-order valence-electron chi connectivity index (χ2n) is 5.68. The number of rotatable bonds is 5. The molecule has 1 heteroatoms. The van der Waals surface area contributed by atoms with Gasteiger partial charge in [-0.05, 0) is 67.9 Å². The molecule has 114 valence electrons. The summed E-state index contributed by atoms with van der Waals surface area (Å²) in [7, 11) is 0. The van der Waals surface area contributed by atoms with E-state index in [2.05, 4.69) is 31.2 Å². The van der Waals surface area contributed by atoms with Crippen molar-refractivity contribution in [3.63, 3.8) is 0 Å². The van der Waals surface area contributed by atoms with Gasteiger partial charge in [-0.2, -0.15) is 0 Å². The van der Waals surface area contributed by atoms with Crippen molar-refractivity contribution in [1.82, 2.24) is 0 Å². The molecule has 1 nitrogen and oxygen atoms in total. The highest BCUT2D eigenvalue weighted by atomic mass is 16.2.